The van der Waals surface area contributed by atoms with Gasteiger partial charge in [0.25, 0.3) is 0 Å². The molecule has 0 radical (unpaired) electrons. The van der Waals surface area contributed by atoms with E-state index in [4.69, 9.17) is 9.47 Å². The van der Waals surface area contributed by atoms with Crippen LogP contribution in [0.4, 0.5) is 0 Å². The minimum Gasteiger partial charge on any atom is -0.493 e. The van der Waals surface area contributed by atoms with Gasteiger partial charge in [-0.3, -0.25) is 4.79 Å². The lowest BCUT2D eigenvalue weighted by atomic mass is 10.0. The molecule has 1 aliphatic carbocycles. The molecule has 0 saturated heterocycles. The van der Waals surface area contributed by atoms with Crippen LogP contribution in [0.25, 0.3) is 11.1 Å². The maximum absolute atomic E-state index is 12.8. The highest BCUT2D eigenvalue weighted by atomic mass is 16.5. The van der Waals surface area contributed by atoms with Gasteiger partial charge < -0.3 is 14.4 Å². The van der Waals surface area contributed by atoms with Gasteiger partial charge in [0.15, 0.2) is 5.78 Å². The zero-order chi connectivity index (χ0) is 18.5. The van der Waals surface area contributed by atoms with Crippen LogP contribution in [0.3, 0.4) is 0 Å². The quantitative estimate of drug-likeness (QED) is 0.534. The van der Waals surface area contributed by atoms with E-state index in [0.29, 0.717) is 24.3 Å². The Balaban J connectivity index is 1.85. The van der Waals surface area contributed by atoms with Gasteiger partial charge in [-0.2, -0.15) is 0 Å². The van der Waals surface area contributed by atoms with Crippen LogP contribution in [0, 0.1) is 0 Å². The summed E-state index contributed by atoms with van der Waals surface area (Å²) in [6, 6.07) is 11.4. The van der Waals surface area contributed by atoms with Crippen LogP contribution < -0.4 is 9.47 Å². The van der Waals surface area contributed by atoms with Crippen LogP contribution in [0.15, 0.2) is 36.4 Å². The van der Waals surface area contributed by atoms with Gasteiger partial charge in [-0.1, -0.05) is 38.1 Å². The Bertz CT molecular complexity index is 781. The third-order valence-corrected chi connectivity index (χ3v) is 4.86. The highest BCUT2D eigenvalue weighted by Gasteiger charge is 2.32. The molecular formula is C22H27NO3. The van der Waals surface area contributed by atoms with E-state index < -0.39 is 0 Å². The first-order valence-corrected chi connectivity index (χ1v) is 9.50. The maximum atomic E-state index is 12.8. The Kier molecular flexibility index (Phi) is 5.94. The molecule has 0 fully saturated rings. The van der Waals surface area contributed by atoms with E-state index in [2.05, 4.69) is 18.7 Å². The third-order valence-electron chi connectivity index (χ3n) is 4.86. The van der Waals surface area contributed by atoms with Crippen molar-refractivity contribution in [3.8, 4) is 22.6 Å². The molecular weight excluding hydrogens is 326 g/mol. The number of nitrogens with zero attached hydrogens (tertiary/aromatic N) is 1. The summed E-state index contributed by atoms with van der Waals surface area (Å²) in [7, 11) is 0. The summed E-state index contributed by atoms with van der Waals surface area (Å²) in [4.78, 5) is 15.2. The molecule has 0 saturated carbocycles. The van der Waals surface area contributed by atoms with E-state index in [9.17, 15) is 4.79 Å². The Morgan fingerprint density at radius 3 is 1.96 bits per heavy atom. The number of rotatable bonds is 9. The molecule has 0 aromatic heterocycles. The van der Waals surface area contributed by atoms with Gasteiger partial charge in [0.1, 0.15) is 11.5 Å². The smallest absolute Gasteiger partial charge is 0.194 e. The van der Waals surface area contributed by atoms with Crippen LogP contribution in [-0.4, -0.2) is 43.5 Å². The Morgan fingerprint density at radius 1 is 0.846 bits per heavy atom. The largest absolute Gasteiger partial charge is 0.493 e. The van der Waals surface area contributed by atoms with Gasteiger partial charge in [0.05, 0.1) is 13.2 Å². The van der Waals surface area contributed by atoms with Crippen molar-refractivity contribution in [3.05, 3.63) is 47.5 Å². The predicted molar refractivity (Wildman–Crippen MR) is 104 cm³/mol. The SMILES string of the molecule is CCOc1cccc2c1-c1c(OCCCN(CC)CC)cccc1C2=O. The summed E-state index contributed by atoms with van der Waals surface area (Å²) < 4.78 is 11.9. The van der Waals surface area contributed by atoms with Crippen molar-refractivity contribution >= 4 is 5.78 Å². The third kappa shape index (κ3) is 3.47. The number of benzene rings is 2. The van der Waals surface area contributed by atoms with Gasteiger partial charge in [-0.05, 0) is 38.6 Å². The van der Waals surface area contributed by atoms with Crippen LogP contribution in [0.1, 0.15) is 43.1 Å². The number of carbonyl (C=O) groups excluding carboxylic acids is 1. The molecule has 2 aromatic rings. The summed E-state index contributed by atoms with van der Waals surface area (Å²) in [6.45, 7) is 10.6. The fraction of sp³-hybridized carbons (Fsp3) is 0.409. The van der Waals surface area contributed by atoms with Crippen LogP contribution >= 0.6 is 0 Å². The molecule has 4 nitrogen and oxygen atoms in total. The molecule has 0 aliphatic heterocycles. The van der Waals surface area contributed by atoms with Gasteiger partial charge >= 0.3 is 0 Å². The molecule has 0 N–H and O–H groups in total. The van der Waals surface area contributed by atoms with Crippen molar-refractivity contribution in [2.45, 2.75) is 27.2 Å². The summed E-state index contributed by atoms with van der Waals surface area (Å²) in [5.41, 5.74) is 3.15. The van der Waals surface area contributed by atoms with E-state index in [0.717, 1.165) is 48.7 Å². The van der Waals surface area contributed by atoms with Crippen molar-refractivity contribution in [2.24, 2.45) is 0 Å². The number of fused-ring (bicyclic) bond motifs is 3. The molecule has 0 bridgehead atoms. The lowest BCUT2D eigenvalue weighted by Gasteiger charge is -2.18. The zero-order valence-electron chi connectivity index (χ0n) is 15.9. The van der Waals surface area contributed by atoms with E-state index in [-0.39, 0.29) is 5.78 Å². The van der Waals surface area contributed by atoms with E-state index >= 15 is 0 Å². The Labute approximate surface area is 155 Å². The second-order valence-corrected chi connectivity index (χ2v) is 6.35. The second-order valence-electron chi connectivity index (χ2n) is 6.35. The van der Waals surface area contributed by atoms with Gasteiger partial charge in [-0.25, -0.2) is 0 Å². The second kappa shape index (κ2) is 8.37. The number of ether oxygens (including phenoxy) is 2. The number of carbonyl (C=O) groups is 1. The van der Waals surface area contributed by atoms with Gasteiger partial charge in [0.2, 0.25) is 0 Å². The minimum absolute atomic E-state index is 0.0464. The first-order chi connectivity index (χ1) is 12.7. The lowest BCUT2D eigenvalue weighted by Crippen LogP contribution is -2.25. The lowest BCUT2D eigenvalue weighted by molar-refractivity contribution is 0.104. The summed E-state index contributed by atoms with van der Waals surface area (Å²) >= 11 is 0. The van der Waals surface area contributed by atoms with E-state index in [1.54, 1.807) is 0 Å². The Morgan fingerprint density at radius 2 is 1.42 bits per heavy atom. The van der Waals surface area contributed by atoms with Crippen molar-refractivity contribution in [1.29, 1.82) is 0 Å². The molecule has 0 unspecified atom stereocenters. The van der Waals surface area contributed by atoms with Crippen molar-refractivity contribution in [2.75, 3.05) is 32.8 Å². The molecule has 2 aromatic carbocycles. The molecule has 4 heteroatoms. The van der Waals surface area contributed by atoms with Crippen molar-refractivity contribution < 1.29 is 14.3 Å². The van der Waals surface area contributed by atoms with Crippen molar-refractivity contribution in [1.82, 2.24) is 4.90 Å². The summed E-state index contributed by atoms with van der Waals surface area (Å²) in [5.74, 6) is 1.56. The standard InChI is InChI=1S/C22H27NO3/c1-4-23(5-2)14-9-15-26-19-13-8-11-17-21(19)20-16(22(17)24)10-7-12-18(20)25-6-3/h7-8,10-13H,4-6,9,14-15H2,1-3H3. The molecule has 26 heavy (non-hydrogen) atoms. The fourth-order valence-corrected chi connectivity index (χ4v) is 3.51. The first-order valence-electron chi connectivity index (χ1n) is 9.50. The average Bonchev–Trinajstić information content (AvgIpc) is 2.97. The fourth-order valence-electron chi connectivity index (χ4n) is 3.51. The average molecular weight is 353 g/mol. The molecule has 138 valence electrons. The highest BCUT2D eigenvalue weighted by Crippen LogP contribution is 2.47. The normalized spacial score (nSPS) is 12.2. The first kappa shape index (κ1) is 18.5. The molecule has 0 amide bonds. The number of hydrogen-bond acceptors (Lipinski definition) is 4. The maximum Gasteiger partial charge on any atom is 0.194 e. The zero-order valence-corrected chi connectivity index (χ0v) is 15.9. The number of ketones is 1. The van der Waals surface area contributed by atoms with Gasteiger partial charge in [0, 0.05) is 28.8 Å². The highest BCUT2D eigenvalue weighted by molar-refractivity contribution is 6.23. The summed E-state index contributed by atoms with van der Waals surface area (Å²) in [6.07, 6.45) is 0.958. The topological polar surface area (TPSA) is 38.8 Å². The van der Waals surface area contributed by atoms with E-state index in [1.807, 2.05) is 43.3 Å². The molecule has 3 rings (SSSR count). The predicted octanol–water partition coefficient (Wildman–Crippen LogP) is 4.41. The molecule has 0 heterocycles. The minimum atomic E-state index is 0.0464. The number of hydrogen-bond donors (Lipinski definition) is 0. The van der Waals surface area contributed by atoms with Crippen LogP contribution in [-0.2, 0) is 0 Å². The molecule has 0 spiro atoms. The Hall–Kier alpha value is -2.33. The van der Waals surface area contributed by atoms with Crippen LogP contribution in [0.2, 0.25) is 0 Å². The van der Waals surface area contributed by atoms with Gasteiger partial charge in [-0.15, -0.1) is 0 Å². The van der Waals surface area contributed by atoms with Crippen LogP contribution in [0.5, 0.6) is 11.5 Å². The van der Waals surface area contributed by atoms with Crippen molar-refractivity contribution in [3.63, 3.8) is 0 Å². The van der Waals surface area contributed by atoms with E-state index in [1.165, 1.54) is 0 Å². The monoisotopic (exact) mass is 353 g/mol. The summed E-state index contributed by atoms with van der Waals surface area (Å²) in [5, 5.41) is 0. The molecule has 0 atom stereocenters. The molecule has 1 aliphatic rings.